The SMILES string of the molecule is Cc1nccc(C(=O)Nc2cc(C(=O)N(C)Cc3cscn3)cc(C(F)(F)F)c2)n1. The Balaban J connectivity index is 1.90. The summed E-state index contributed by atoms with van der Waals surface area (Å²) in [6.45, 7) is 1.72. The van der Waals surface area contributed by atoms with Crippen molar-refractivity contribution >= 4 is 28.8 Å². The third kappa shape index (κ3) is 5.17. The van der Waals surface area contributed by atoms with Gasteiger partial charge in [-0.25, -0.2) is 15.0 Å². The first-order valence-corrected chi connectivity index (χ1v) is 9.53. The Kier molecular flexibility index (Phi) is 6.11. The molecule has 2 amide bonds. The van der Waals surface area contributed by atoms with Crippen molar-refractivity contribution in [1.29, 1.82) is 0 Å². The second-order valence-corrected chi connectivity index (χ2v) is 7.10. The molecule has 0 unspecified atom stereocenters. The first kappa shape index (κ1) is 21.4. The van der Waals surface area contributed by atoms with Gasteiger partial charge in [0.25, 0.3) is 11.8 Å². The lowest BCUT2D eigenvalue weighted by atomic mass is 10.1. The molecule has 1 N–H and O–H groups in total. The number of aromatic nitrogens is 3. The van der Waals surface area contributed by atoms with Crippen molar-refractivity contribution in [1.82, 2.24) is 19.9 Å². The van der Waals surface area contributed by atoms with E-state index in [2.05, 4.69) is 20.3 Å². The highest BCUT2D eigenvalue weighted by Crippen LogP contribution is 2.32. The quantitative estimate of drug-likeness (QED) is 0.659. The first-order chi connectivity index (χ1) is 14.1. The molecule has 3 rings (SSSR count). The van der Waals surface area contributed by atoms with E-state index in [1.807, 2.05) is 0 Å². The molecule has 0 radical (unpaired) electrons. The van der Waals surface area contributed by atoms with Crippen molar-refractivity contribution in [3.05, 3.63) is 69.7 Å². The Labute approximate surface area is 173 Å². The molecule has 0 saturated carbocycles. The Morgan fingerprint density at radius 2 is 1.97 bits per heavy atom. The minimum absolute atomic E-state index is 0.00608. The predicted molar refractivity (Wildman–Crippen MR) is 104 cm³/mol. The normalized spacial score (nSPS) is 11.2. The average molecular weight is 435 g/mol. The molecule has 11 heteroatoms. The van der Waals surface area contributed by atoms with Gasteiger partial charge in [-0.1, -0.05) is 0 Å². The molecule has 0 atom stereocenters. The number of benzene rings is 1. The summed E-state index contributed by atoms with van der Waals surface area (Å²) in [6, 6.07) is 4.05. The van der Waals surface area contributed by atoms with Crippen LogP contribution < -0.4 is 5.32 Å². The number of amides is 2. The van der Waals surface area contributed by atoms with Crippen LogP contribution >= 0.6 is 11.3 Å². The van der Waals surface area contributed by atoms with Gasteiger partial charge in [0.05, 0.1) is 23.3 Å². The van der Waals surface area contributed by atoms with Crippen LogP contribution in [0.5, 0.6) is 0 Å². The Morgan fingerprint density at radius 1 is 1.20 bits per heavy atom. The van der Waals surface area contributed by atoms with Crippen LogP contribution in [0.1, 0.15) is 37.9 Å². The molecule has 3 aromatic rings. The monoisotopic (exact) mass is 435 g/mol. The number of hydrogen-bond donors (Lipinski definition) is 1. The molecule has 0 aliphatic carbocycles. The standard InChI is InChI=1S/C19H16F3N5O2S/c1-11-23-4-3-16(25-11)17(28)26-14-6-12(5-13(7-14)19(20,21)22)18(29)27(2)8-15-9-30-10-24-15/h3-7,9-10H,8H2,1-2H3,(H,26,28). The lowest BCUT2D eigenvalue weighted by Crippen LogP contribution is -2.27. The largest absolute Gasteiger partial charge is 0.416 e. The molecular formula is C19H16F3N5O2S. The number of aryl methyl sites for hydroxylation is 1. The zero-order chi connectivity index (χ0) is 21.9. The van der Waals surface area contributed by atoms with E-state index in [4.69, 9.17) is 0 Å². The van der Waals surface area contributed by atoms with Gasteiger partial charge in [-0.05, 0) is 31.2 Å². The molecular weight excluding hydrogens is 419 g/mol. The fourth-order valence-electron chi connectivity index (χ4n) is 2.62. The van der Waals surface area contributed by atoms with E-state index in [9.17, 15) is 22.8 Å². The summed E-state index contributed by atoms with van der Waals surface area (Å²) in [6.07, 6.45) is -3.33. The van der Waals surface area contributed by atoms with Crippen LogP contribution in [0.2, 0.25) is 0 Å². The third-order valence-electron chi connectivity index (χ3n) is 4.00. The zero-order valence-corrected chi connectivity index (χ0v) is 16.7. The lowest BCUT2D eigenvalue weighted by Gasteiger charge is -2.18. The number of hydrogen-bond acceptors (Lipinski definition) is 6. The molecule has 2 heterocycles. The maximum Gasteiger partial charge on any atom is 0.416 e. The van der Waals surface area contributed by atoms with Crippen molar-refractivity contribution in [2.24, 2.45) is 0 Å². The number of nitrogens with zero attached hydrogens (tertiary/aromatic N) is 4. The summed E-state index contributed by atoms with van der Waals surface area (Å²) in [7, 11) is 1.46. The zero-order valence-electron chi connectivity index (χ0n) is 15.9. The topological polar surface area (TPSA) is 88.1 Å². The van der Waals surface area contributed by atoms with Gasteiger partial charge in [-0.15, -0.1) is 11.3 Å². The molecule has 0 saturated heterocycles. The number of alkyl halides is 3. The predicted octanol–water partition coefficient (Wildman–Crippen LogP) is 3.78. The highest BCUT2D eigenvalue weighted by Gasteiger charge is 2.32. The summed E-state index contributed by atoms with van der Waals surface area (Å²) in [5.41, 5.74) is 0.780. The maximum absolute atomic E-state index is 13.4. The minimum Gasteiger partial charge on any atom is -0.336 e. The van der Waals surface area contributed by atoms with E-state index in [0.717, 1.165) is 12.1 Å². The minimum atomic E-state index is -4.70. The van der Waals surface area contributed by atoms with Crippen LogP contribution in [0.25, 0.3) is 0 Å². The molecule has 156 valence electrons. The molecule has 7 nitrogen and oxygen atoms in total. The number of carbonyl (C=O) groups excluding carboxylic acids is 2. The van der Waals surface area contributed by atoms with Gasteiger partial charge >= 0.3 is 6.18 Å². The fourth-order valence-corrected chi connectivity index (χ4v) is 3.17. The van der Waals surface area contributed by atoms with Crippen molar-refractivity contribution in [2.75, 3.05) is 12.4 Å². The Morgan fingerprint density at radius 3 is 2.60 bits per heavy atom. The fraction of sp³-hybridized carbons (Fsp3) is 0.211. The van der Waals surface area contributed by atoms with Crippen molar-refractivity contribution in [3.8, 4) is 0 Å². The van der Waals surface area contributed by atoms with E-state index in [-0.39, 0.29) is 23.5 Å². The molecule has 0 aliphatic heterocycles. The summed E-state index contributed by atoms with van der Waals surface area (Å²) in [5.74, 6) is -1.01. The Hall–Kier alpha value is -3.34. The van der Waals surface area contributed by atoms with E-state index >= 15 is 0 Å². The molecule has 0 bridgehead atoms. The van der Waals surface area contributed by atoms with Gasteiger partial charge in [0, 0.05) is 29.9 Å². The van der Waals surface area contributed by atoms with Crippen molar-refractivity contribution in [3.63, 3.8) is 0 Å². The van der Waals surface area contributed by atoms with E-state index in [1.165, 1.54) is 41.6 Å². The average Bonchev–Trinajstić information content (AvgIpc) is 3.19. The molecule has 0 spiro atoms. The number of carbonyl (C=O) groups is 2. The van der Waals surface area contributed by atoms with Gasteiger partial charge in [0.1, 0.15) is 11.5 Å². The van der Waals surface area contributed by atoms with E-state index < -0.39 is 23.6 Å². The molecule has 30 heavy (non-hydrogen) atoms. The van der Waals surface area contributed by atoms with Crippen molar-refractivity contribution < 1.29 is 22.8 Å². The molecule has 1 aromatic carbocycles. The van der Waals surface area contributed by atoms with Crippen LogP contribution in [0, 0.1) is 6.92 Å². The molecule has 0 aliphatic rings. The van der Waals surface area contributed by atoms with Crippen LogP contribution in [0.3, 0.4) is 0 Å². The number of halogens is 3. The second-order valence-electron chi connectivity index (χ2n) is 6.38. The maximum atomic E-state index is 13.4. The Bertz CT molecular complexity index is 1070. The van der Waals surface area contributed by atoms with Gasteiger partial charge in [0.2, 0.25) is 0 Å². The smallest absolute Gasteiger partial charge is 0.336 e. The molecule has 2 aromatic heterocycles. The van der Waals surface area contributed by atoms with Crippen LogP contribution in [0.15, 0.2) is 41.4 Å². The third-order valence-corrected chi connectivity index (χ3v) is 4.64. The van der Waals surface area contributed by atoms with Gasteiger partial charge in [0.15, 0.2) is 0 Å². The van der Waals surface area contributed by atoms with Crippen LogP contribution in [-0.4, -0.2) is 38.7 Å². The molecule has 0 fully saturated rings. The van der Waals surface area contributed by atoms with Gasteiger partial charge in [-0.2, -0.15) is 13.2 Å². The second kappa shape index (κ2) is 8.57. The van der Waals surface area contributed by atoms with Crippen LogP contribution in [0.4, 0.5) is 18.9 Å². The van der Waals surface area contributed by atoms with Crippen LogP contribution in [-0.2, 0) is 12.7 Å². The lowest BCUT2D eigenvalue weighted by molar-refractivity contribution is -0.137. The van der Waals surface area contributed by atoms with Gasteiger partial charge in [-0.3, -0.25) is 9.59 Å². The summed E-state index contributed by atoms with van der Waals surface area (Å²) < 4.78 is 40.1. The number of thiazole rings is 1. The highest BCUT2D eigenvalue weighted by atomic mass is 32.1. The first-order valence-electron chi connectivity index (χ1n) is 8.59. The highest BCUT2D eigenvalue weighted by molar-refractivity contribution is 7.07. The van der Waals surface area contributed by atoms with Gasteiger partial charge < -0.3 is 10.2 Å². The van der Waals surface area contributed by atoms with Crippen molar-refractivity contribution in [2.45, 2.75) is 19.6 Å². The summed E-state index contributed by atoms with van der Waals surface area (Å²) in [5, 5.41) is 4.11. The summed E-state index contributed by atoms with van der Waals surface area (Å²) >= 11 is 1.35. The van der Waals surface area contributed by atoms with E-state index in [1.54, 1.807) is 17.8 Å². The summed E-state index contributed by atoms with van der Waals surface area (Å²) in [4.78, 5) is 38.2. The number of rotatable bonds is 5. The number of anilines is 1. The van der Waals surface area contributed by atoms with E-state index in [0.29, 0.717) is 11.5 Å². The number of nitrogens with one attached hydrogen (secondary N) is 1.